The maximum absolute atomic E-state index is 5.63. The lowest BCUT2D eigenvalue weighted by molar-refractivity contribution is 0.337. The van der Waals surface area contributed by atoms with Crippen LogP contribution in [0.3, 0.4) is 0 Å². The molecule has 0 saturated heterocycles. The van der Waals surface area contributed by atoms with Gasteiger partial charge < -0.3 is 10.1 Å². The van der Waals surface area contributed by atoms with Gasteiger partial charge in [-0.3, -0.25) is 4.68 Å². The van der Waals surface area contributed by atoms with Gasteiger partial charge in [-0.25, -0.2) is 0 Å². The van der Waals surface area contributed by atoms with E-state index in [0.29, 0.717) is 6.61 Å². The van der Waals surface area contributed by atoms with Crippen molar-refractivity contribution in [2.75, 3.05) is 11.9 Å². The van der Waals surface area contributed by atoms with Crippen LogP contribution >= 0.6 is 0 Å². The van der Waals surface area contributed by atoms with Crippen LogP contribution in [0, 0.1) is 13.8 Å². The molecule has 1 heterocycles. The number of para-hydroxylation sites is 1. The van der Waals surface area contributed by atoms with Crippen molar-refractivity contribution in [1.29, 1.82) is 0 Å². The predicted octanol–water partition coefficient (Wildman–Crippen LogP) is 3.05. The number of hydrogen-bond donors (Lipinski definition) is 1. The summed E-state index contributed by atoms with van der Waals surface area (Å²) in [6.45, 7) is 7.51. The van der Waals surface area contributed by atoms with Crippen molar-refractivity contribution < 1.29 is 4.74 Å². The Hall–Kier alpha value is -1.97. The molecule has 19 heavy (non-hydrogen) atoms. The average molecular weight is 259 g/mol. The number of nitrogens with one attached hydrogen (secondary N) is 1. The van der Waals surface area contributed by atoms with Crippen LogP contribution in [-0.4, -0.2) is 16.4 Å². The molecule has 0 aliphatic rings. The van der Waals surface area contributed by atoms with Gasteiger partial charge in [-0.1, -0.05) is 18.2 Å². The topological polar surface area (TPSA) is 39.1 Å². The molecule has 4 heteroatoms. The first-order chi connectivity index (χ1) is 9.13. The standard InChI is InChI=1S/C15H21N3O/c1-5-19-14-9-7-6-8-13(14)10-16-15-11(2)17-18(4)12(15)3/h6-9,16H,5,10H2,1-4H3. The summed E-state index contributed by atoms with van der Waals surface area (Å²) in [4.78, 5) is 0. The van der Waals surface area contributed by atoms with Gasteiger partial charge in [-0.05, 0) is 26.8 Å². The second-order valence-electron chi connectivity index (χ2n) is 4.56. The average Bonchev–Trinajstić information content (AvgIpc) is 2.63. The molecule has 0 spiro atoms. The Balaban J connectivity index is 2.14. The SMILES string of the molecule is CCOc1ccccc1CNc1c(C)nn(C)c1C. The first-order valence-corrected chi connectivity index (χ1v) is 6.58. The Morgan fingerprint density at radius 3 is 2.63 bits per heavy atom. The molecule has 0 bridgehead atoms. The Morgan fingerprint density at radius 1 is 1.26 bits per heavy atom. The van der Waals surface area contributed by atoms with Crippen LogP contribution in [0.25, 0.3) is 0 Å². The van der Waals surface area contributed by atoms with Crippen molar-refractivity contribution in [2.24, 2.45) is 7.05 Å². The molecule has 0 saturated carbocycles. The highest BCUT2D eigenvalue weighted by Crippen LogP contribution is 2.22. The number of aryl methyl sites for hydroxylation is 2. The highest BCUT2D eigenvalue weighted by atomic mass is 16.5. The van der Waals surface area contributed by atoms with Crippen LogP contribution in [0.5, 0.6) is 5.75 Å². The molecule has 1 N–H and O–H groups in total. The largest absolute Gasteiger partial charge is 0.494 e. The van der Waals surface area contributed by atoms with Gasteiger partial charge in [-0.15, -0.1) is 0 Å². The lowest BCUT2D eigenvalue weighted by Crippen LogP contribution is -2.04. The van der Waals surface area contributed by atoms with Crippen LogP contribution < -0.4 is 10.1 Å². The third-order valence-corrected chi connectivity index (χ3v) is 3.24. The van der Waals surface area contributed by atoms with Crippen molar-refractivity contribution in [1.82, 2.24) is 9.78 Å². The van der Waals surface area contributed by atoms with E-state index in [1.807, 2.05) is 43.8 Å². The summed E-state index contributed by atoms with van der Waals surface area (Å²) in [6.07, 6.45) is 0. The fourth-order valence-electron chi connectivity index (χ4n) is 2.16. The maximum atomic E-state index is 5.63. The summed E-state index contributed by atoms with van der Waals surface area (Å²) in [5, 5.41) is 7.86. The van der Waals surface area contributed by atoms with Crippen molar-refractivity contribution in [3.63, 3.8) is 0 Å². The van der Waals surface area contributed by atoms with Gasteiger partial charge in [0.1, 0.15) is 5.75 Å². The second-order valence-corrected chi connectivity index (χ2v) is 4.56. The summed E-state index contributed by atoms with van der Waals surface area (Å²) in [6, 6.07) is 8.11. The van der Waals surface area contributed by atoms with E-state index in [0.717, 1.165) is 34.9 Å². The zero-order chi connectivity index (χ0) is 13.8. The molecule has 4 nitrogen and oxygen atoms in total. The fourth-order valence-corrected chi connectivity index (χ4v) is 2.16. The smallest absolute Gasteiger partial charge is 0.124 e. The van der Waals surface area contributed by atoms with Gasteiger partial charge in [0.2, 0.25) is 0 Å². The van der Waals surface area contributed by atoms with Crippen molar-refractivity contribution >= 4 is 5.69 Å². The van der Waals surface area contributed by atoms with Gasteiger partial charge in [0.25, 0.3) is 0 Å². The van der Waals surface area contributed by atoms with E-state index in [4.69, 9.17) is 4.74 Å². The fraction of sp³-hybridized carbons (Fsp3) is 0.400. The van der Waals surface area contributed by atoms with E-state index >= 15 is 0 Å². The Bertz CT molecular complexity index is 561. The number of aromatic nitrogens is 2. The normalized spacial score (nSPS) is 10.5. The van der Waals surface area contributed by atoms with Crippen LogP contribution in [0.1, 0.15) is 23.9 Å². The Morgan fingerprint density at radius 2 is 2.00 bits per heavy atom. The monoisotopic (exact) mass is 259 g/mol. The molecule has 0 fully saturated rings. The van der Waals surface area contributed by atoms with Crippen LogP contribution in [-0.2, 0) is 13.6 Å². The van der Waals surface area contributed by atoms with E-state index < -0.39 is 0 Å². The maximum Gasteiger partial charge on any atom is 0.124 e. The summed E-state index contributed by atoms with van der Waals surface area (Å²) < 4.78 is 7.53. The first kappa shape index (κ1) is 13.5. The van der Waals surface area contributed by atoms with Gasteiger partial charge in [-0.2, -0.15) is 5.10 Å². The second kappa shape index (κ2) is 5.78. The minimum absolute atomic E-state index is 0.683. The third-order valence-electron chi connectivity index (χ3n) is 3.24. The van der Waals surface area contributed by atoms with E-state index in [-0.39, 0.29) is 0 Å². The molecule has 0 radical (unpaired) electrons. The van der Waals surface area contributed by atoms with Crippen molar-refractivity contribution in [3.05, 3.63) is 41.2 Å². The lowest BCUT2D eigenvalue weighted by atomic mass is 10.2. The van der Waals surface area contributed by atoms with Crippen molar-refractivity contribution in [3.8, 4) is 5.75 Å². The number of benzene rings is 1. The van der Waals surface area contributed by atoms with Gasteiger partial charge in [0, 0.05) is 19.2 Å². The quantitative estimate of drug-likeness (QED) is 0.897. The molecule has 0 aliphatic heterocycles. The molecule has 0 unspecified atom stereocenters. The first-order valence-electron chi connectivity index (χ1n) is 6.58. The number of ether oxygens (including phenoxy) is 1. The van der Waals surface area contributed by atoms with Crippen LogP contribution in [0.4, 0.5) is 5.69 Å². The molecular formula is C15H21N3O. The summed E-state index contributed by atoms with van der Waals surface area (Å²) in [5.41, 5.74) is 4.43. The minimum Gasteiger partial charge on any atom is -0.494 e. The predicted molar refractivity (Wildman–Crippen MR) is 77.6 cm³/mol. The highest BCUT2D eigenvalue weighted by Gasteiger charge is 2.09. The lowest BCUT2D eigenvalue weighted by Gasteiger charge is -2.12. The zero-order valence-electron chi connectivity index (χ0n) is 12.0. The molecule has 102 valence electrons. The van der Waals surface area contributed by atoms with Gasteiger partial charge in [0.15, 0.2) is 0 Å². The van der Waals surface area contributed by atoms with E-state index in [2.05, 4.69) is 23.4 Å². The molecule has 1 aromatic carbocycles. The molecule has 2 aromatic rings. The van der Waals surface area contributed by atoms with Gasteiger partial charge >= 0.3 is 0 Å². The Kier molecular flexibility index (Phi) is 4.10. The number of anilines is 1. The molecule has 1 aromatic heterocycles. The highest BCUT2D eigenvalue weighted by molar-refractivity contribution is 5.53. The molecule has 0 aliphatic carbocycles. The van der Waals surface area contributed by atoms with E-state index in [1.165, 1.54) is 0 Å². The van der Waals surface area contributed by atoms with Crippen LogP contribution in [0.15, 0.2) is 24.3 Å². The molecule has 0 atom stereocenters. The summed E-state index contributed by atoms with van der Waals surface area (Å²) in [7, 11) is 1.96. The third kappa shape index (κ3) is 2.89. The summed E-state index contributed by atoms with van der Waals surface area (Å²) in [5.74, 6) is 0.941. The zero-order valence-corrected chi connectivity index (χ0v) is 12.0. The van der Waals surface area contributed by atoms with Crippen LogP contribution in [0.2, 0.25) is 0 Å². The number of rotatable bonds is 5. The Labute approximate surface area is 114 Å². The van der Waals surface area contributed by atoms with Crippen molar-refractivity contribution in [2.45, 2.75) is 27.3 Å². The molecule has 2 rings (SSSR count). The molecular weight excluding hydrogens is 238 g/mol. The van der Waals surface area contributed by atoms with E-state index in [9.17, 15) is 0 Å². The minimum atomic E-state index is 0.683. The van der Waals surface area contributed by atoms with E-state index in [1.54, 1.807) is 0 Å². The molecule has 0 amide bonds. The summed E-state index contributed by atoms with van der Waals surface area (Å²) >= 11 is 0. The van der Waals surface area contributed by atoms with Gasteiger partial charge in [0.05, 0.1) is 23.7 Å². The number of hydrogen-bond acceptors (Lipinski definition) is 3. The number of nitrogens with zero attached hydrogens (tertiary/aromatic N) is 2.